The zero-order chi connectivity index (χ0) is 13.1. The van der Waals surface area contributed by atoms with E-state index in [1.54, 1.807) is 6.07 Å². The topological polar surface area (TPSA) is 54.0 Å². The van der Waals surface area contributed by atoms with Gasteiger partial charge in [-0.2, -0.15) is 0 Å². The van der Waals surface area contributed by atoms with E-state index in [-0.39, 0.29) is 11.4 Å². The quantitative estimate of drug-likeness (QED) is 0.843. The van der Waals surface area contributed by atoms with Crippen LogP contribution in [0.25, 0.3) is 0 Å². The van der Waals surface area contributed by atoms with Crippen LogP contribution in [0, 0.1) is 6.92 Å². The Morgan fingerprint density at radius 2 is 2.06 bits per heavy atom. The van der Waals surface area contributed by atoms with Crippen LogP contribution in [0.4, 0.5) is 5.69 Å². The maximum absolute atomic E-state index is 11.7. The molecule has 0 radical (unpaired) electrons. The Morgan fingerprint density at radius 3 is 2.59 bits per heavy atom. The average molecular weight is 300 g/mol. The molecule has 0 saturated heterocycles. The van der Waals surface area contributed by atoms with Crippen molar-refractivity contribution in [3.63, 3.8) is 0 Å². The summed E-state index contributed by atoms with van der Waals surface area (Å²) in [5, 5.41) is 5.96. The van der Waals surface area contributed by atoms with Gasteiger partial charge in [0.1, 0.15) is 4.60 Å². The molecule has 17 heavy (non-hydrogen) atoms. The van der Waals surface area contributed by atoms with Crippen molar-refractivity contribution in [2.45, 2.75) is 33.2 Å². The third kappa shape index (κ3) is 5.28. The molecule has 1 rings (SSSR count). The largest absolute Gasteiger partial charge is 0.323 e. The maximum atomic E-state index is 11.7. The SMILES string of the molecule is Cc1nc(Br)ccc1NC(=O)CNC(C)(C)C. The molecular formula is C12H18BrN3O. The highest BCUT2D eigenvalue weighted by atomic mass is 79.9. The Hall–Kier alpha value is -0.940. The summed E-state index contributed by atoms with van der Waals surface area (Å²) in [5.74, 6) is -0.0628. The van der Waals surface area contributed by atoms with Gasteiger partial charge in [-0.15, -0.1) is 0 Å². The molecule has 1 amide bonds. The van der Waals surface area contributed by atoms with E-state index < -0.39 is 0 Å². The van der Waals surface area contributed by atoms with Crippen LogP contribution in [-0.4, -0.2) is 23.0 Å². The van der Waals surface area contributed by atoms with Gasteiger partial charge >= 0.3 is 0 Å². The number of carbonyl (C=O) groups excluding carboxylic acids is 1. The van der Waals surface area contributed by atoms with Crippen LogP contribution < -0.4 is 10.6 Å². The highest BCUT2D eigenvalue weighted by Crippen LogP contribution is 2.15. The third-order valence-corrected chi connectivity index (χ3v) is 2.55. The van der Waals surface area contributed by atoms with E-state index in [1.165, 1.54) is 0 Å². The number of nitrogens with one attached hydrogen (secondary N) is 2. The molecule has 0 aromatic carbocycles. The molecule has 0 aliphatic heterocycles. The molecule has 1 aromatic rings. The lowest BCUT2D eigenvalue weighted by Gasteiger charge is -2.20. The van der Waals surface area contributed by atoms with Gasteiger partial charge in [0.2, 0.25) is 5.91 Å². The number of aromatic nitrogens is 1. The predicted octanol–water partition coefficient (Wildman–Crippen LogP) is 2.48. The minimum Gasteiger partial charge on any atom is -0.323 e. The second-order valence-electron chi connectivity index (χ2n) is 4.92. The first kappa shape index (κ1) is 14.1. The summed E-state index contributed by atoms with van der Waals surface area (Å²) in [5.41, 5.74) is 1.47. The summed E-state index contributed by atoms with van der Waals surface area (Å²) in [7, 11) is 0. The monoisotopic (exact) mass is 299 g/mol. The molecule has 1 aromatic heterocycles. The van der Waals surface area contributed by atoms with Crippen molar-refractivity contribution in [3.8, 4) is 0 Å². The lowest BCUT2D eigenvalue weighted by molar-refractivity contribution is -0.115. The first-order chi connectivity index (χ1) is 7.78. The summed E-state index contributed by atoms with van der Waals surface area (Å²) in [6.07, 6.45) is 0. The minimum atomic E-state index is -0.0651. The van der Waals surface area contributed by atoms with Crippen LogP contribution in [0.2, 0.25) is 0 Å². The lowest BCUT2D eigenvalue weighted by atomic mass is 10.1. The Labute approximate surface area is 110 Å². The molecule has 1 heterocycles. The summed E-state index contributed by atoms with van der Waals surface area (Å²) in [6.45, 7) is 8.21. The van der Waals surface area contributed by atoms with Crippen molar-refractivity contribution in [1.82, 2.24) is 10.3 Å². The zero-order valence-electron chi connectivity index (χ0n) is 10.6. The minimum absolute atomic E-state index is 0.0628. The number of hydrogen-bond donors (Lipinski definition) is 2. The number of rotatable bonds is 3. The molecule has 94 valence electrons. The first-order valence-corrected chi connectivity index (χ1v) is 6.25. The fourth-order valence-corrected chi connectivity index (χ4v) is 1.60. The van der Waals surface area contributed by atoms with E-state index in [4.69, 9.17) is 0 Å². The van der Waals surface area contributed by atoms with E-state index in [9.17, 15) is 4.79 Å². The van der Waals surface area contributed by atoms with Gasteiger partial charge in [-0.1, -0.05) is 0 Å². The van der Waals surface area contributed by atoms with Crippen molar-refractivity contribution in [2.75, 3.05) is 11.9 Å². The Kier molecular flexibility index (Phi) is 4.65. The van der Waals surface area contributed by atoms with Gasteiger partial charge in [0.25, 0.3) is 0 Å². The van der Waals surface area contributed by atoms with Gasteiger partial charge in [0.15, 0.2) is 0 Å². The summed E-state index contributed by atoms with van der Waals surface area (Å²) >= 11 is 3.28. The Morgan fingerprint density at radius 1 is 1.41 bits per heavy atom. The standard InChI is InChI=1S/C12H18BrN3O/c1-8-9(5-6-10(13)15-8)16-11(17)7-14-12(2,3)4/h5-6,14H,7H2,1-4H3,(H,16,17). The second-order valence-corrected chi connectivity index (χ2v) is 5.73. The number of pyridine rings is 1. The number of nitrogens with zero attached hydrogens (tertiary/aromatic N) is 1. The summed E-state index contributed by atoms with van der Waals surface area (Å²) < 4.78 is 0.765. The van der Waals surface area contributed by atoms with Gasteiger partial charge in [-0.25, -0.2) is 4.98 Å². The average Bonchev–Trinajstić information content (AvgIpc) is 2.18. The van der Waals surface area contributed by atoms with Gasteiger partial charge < -0.3 is 10.6 Å². The third-order valence-electron chi connectivity index (χ3n) is 2.11. The van der Waals surface area contributed by atoms with Gasteiger partial charge in [0, 0.05) is 5.54 Å². The van der Waals surface area contributed by atoms with Crippen LogP contribution in [0.5, 0.6) is 0 Å². The second kappa shape index (κ2) is 5.60. The number of hydrogen-bond acceptors (Lipinski definition) is 3. The molecule has 0 aliphatic rings. The first-order valence-electron chi connectivity index (χ1n) is 5.46. The molecule has 0 bridgehead atoms. The van der Waals surface area contributed by atoms with Crippen LogP contribution in [0.1, 0.15) is 26.5 Å². The van der Waals surface area contributed by atoms with Crippen LogP contribution >= 0.6 is 15.9 Å². The van der Waals surface area contributed by atoms with Crippen molar-refractivity contribution >= 4 is 27.5 Å². The molecule has 0 saturated carbocycles. The Bertz CT molecular complexity index is 413. The van der Waals surface area contributed by atoms with Crippen LogP contribution in [0.3, 0.4) is 0 Å². The number of anilines is 1. The number of carbonyl (C=O) groups is 1. The highest BCUT2D eigenvalue weighted by molar-refractivity contribution is 9.10. The molecule has 0 unspecified atom stereocenters. The molecule has 0 aliphatic carbocycles. The van der Waals surface area contributed by atoms with Crippen molar-refractivity contribution in [3.05, 3.63) is 22.4 Å². The fraction of sp³-hybridized carbons (Fsp3) is 0.500. The molecule has 4 nitrogen and oxygen atoms in total. The van der Waals surface area contributed by atoms with Crippen molar-refractivity contribution < 1.29 is 4.79 Å². The van der Waals surface area contributed by atoms with Gasteiger partial charge in [-0.3, -0.25) is 4.79 Å². The number of halogens is 1. The summed E-state index contributed by atoms with van der Waals surface area (Å²) in [4.78, 5) is 15.9. The maximum Gasteiger partial charge on any atom is 0.238 e. The van der Waals surface area contributed by atoms with Crippen molar-refractivity contribution in [2.24, 2.45) is 0 Å². The smallest absolute Gasteiger partial charge is 0.238 e. The lowest BCUT2D eigenvalue weighted by Crippen LogP contribution is -2.41. The van der Waals surface area contributed by atoms with E-state index in [2.05, 4.69) is 31.5 Å². The molecule has 0 spiro atoms. The van der Waals surface area contributed by atoms with Crippen LogP contribution in [-0.2, 0) is 4.79 Å². The molecule has 5 heteroatoms. The van der Waals surface area contributed by atoms with E-state index in [0.717, 1.165) is 16.0 Å². The zero-order valence-corrected chi connectivity index (χ0v) is 12.2. The number of amides is 1. The Balaban J connectivity index is 2.57. The van der Waals surface area contributed by atoms with Gasteiger partial charge in [-0.05, 0) is 55.8 Å². The van der Waals surface area contributed by atoms with E-state index in [1.807, 2.05) is 33.8 Å². The fourth-order valence-electron chi connectivity index (χ4n) is 1.20. The van der Waals surface area contributed by atoms with E-state index >= 15 is 0 Å². The van der Waals surface area contributed by atoms with Crippen molar-refractivity contribution in [1.29, 1.82) is 0 Å². The normalized spacial score (nSPS) is 11.4. The molecule has 0 fully saturated rings. The predicted molar refractivity (Wildman–Crippen MR) is 73.1 cm³/mol. The highest BCUT2D eigenvalue weighted by Gasteiger charge is 2.12. The van der Waals surface area contributed by atoms with E-state index in [0.29, 0.717) is 6.54 Å². The molecule has 2 N–H and O–H groups in total. The molecule has 0 atom stereocenters. The summed E-state index contributed by atoms with van der Waals surface area (Å²) in [6, 6.07) is 3.64. The van der Waals surface area contributed by atoms with Gasteiger partial charge in [0.05, 0.1) is 17.9 Å². The number of aryl methyl sites for hydroxylation is 1. The molecular weight excluding hydrogens is 282 g/mol. The van der Waals surface area contributed by atoms with Crippen LogP contribution in [0.15, 0.2) is 16.7 Å².